The van der Waals surface area contributed by atoms with Crippen molar-refractivity contribution < 1.29 is 23.1 Å². The summed E-state index contributed by atoms with van der Waals surface area (Å²) >= 11 is 0. The first-order chi connectivity index (χ1) is 10.1. The minimum atomic E-state index is -4.44. The van der Waals surface area contributed by atoms with Crippen molar-refractivity contribution in [2.45, 2.75) is 39.4 Å². The molecule has 1 aromatic carbocycles. The lowest BCUT2D eigenvalue weighted by molar-refractivity contribution is -0.141. The number of carboxylic acid groups (broad SMARTS) is 1. The van der Waals surface area contributed by atoms with Gasteiger partial charge in [0.15, 0.2) is 0 Å². The van der Waals surface area contributed by atoms with Crippen LogP contribution in [-0.4, -0.2) is 15.6 Å². The lowest BCUT2D eigenvalue weighted by atomic mass is 10.00. The van der Waals surface area contributed by atoms with E-state index in [1.165, 1.54) is 6.07 Å². The van der Waals surface area contributed by atoms with Gasteiger partial charge in [0.05, 0.1) is 17.0 Å². The zero-order chi connectivity index (χ0) is 16.7. The van der Waals surface area contributed by atoms with Crippen LogP contribution in [-0.2, 0) is 17.4 Å². The van der Waals surface area contributed by atoms with Crippen molar-refractivity contribution in [1.29, 1.82) is 0 Å². The number of rotatable bonds is 4. The average Bonchev–Trinajstić information content (AvgIpc) is 2.76. The van der Waals surface area contributed by atoms with Crippen LogP contribution in [0, 0.1) is 5.92 Å². The number of carbonyl (C=O) groups is 1. The van der Waals surface area contributed by atoms with Gasteiger partial charge in [0.25, 0.3) is 0 Å². The third-order valence-corrected chi connectivity index (χ3v) is 3.74. The summed E-state index contributed by atoms with van der Waals surface area (Å²) in [5, 5.41) is 9.50. The molecule has 0 radical (unpaired) electrons. The zero-order valence-electron chi connectivity index (χ0n) is 12.6. The van der Waals surface area contributed by atoms with Crippen LogP contribution in [0.25, 0.3) is 10.9 Å². The van der Waals surface area contributed by atoms with Gasteiger partial charge in [-0.25, -0.2) is 0 Å². The molecule has 2 aromatic rings. The Hall–Kier alpha value is -1.98. The molecule has 2 rings (SSSR count). The number of nitrogens with zero attached hydrogens (tertiary/aromatic N) is 1. The van der Waals surface area contributed by atoms with Crippen LogP contribution >= 0.6 is 0 Å². The summed E-state index contributed by atoms with van der Waals surface area (Å²) in [6.07, 6.45) is -2.60. The smallest absolute Gasteiger partial charge is 0.418 e. The van der Waals surface area contributed by atoms with Crippen molar-refractivity contribution in [1.82, 2.24) is 4.57 Å². The van der Waals surface area contributed by atoms with Gasteiger partial charge >= 0.3 is 12.1 Å². The number of halogens is 3. The molecule has 0 spiro atoms. The van der Waals surface area contributed by atoms with Crippen LogP contribution in [0.3, 0.4) is 0 Å². The van der Waals surface area contributed by atoms with Gasteiger partial charge in [-0.3, -0.25) is 4.79 Å². The van der Waals surface area contributed by atoms with E-state index in [0.717, 1.165) is 6.07 Å². The van der Waals surface area contributed by atoms with Crippen LogP contribution in [0.1, 0.15) is 37.9 Å². The van der Waals surface area contributed by atoms with Gasteiger partial charge < -0.3 is 9.67 Å². The SMILES string of the molecule is CC(Cc1cn(C(C)C)c2c(C(F)(F)F)cccc12)C(=O)O. The molecule has 1 heterocycles. The fourth-order valence-electron chi connectivity index (χ4n) is 2.60. The van der Waals surface area contributed by atoms with E-state index >= 15 is 0 Å². The number of hydrogen-bond donors (Lipinski definition) is 1. The van der Waals surface area contributed by atoms with Crippen LogP contribution in [0.2, 0.25) is 0 Å². The summed E-state index contributed by atoms with van der Waals surface area (Å²) in [6.45, 7) is 5.16. The van der Waals surface area contributed by atoms with Crippen molar-refractivity contribution >= 4 is 16.9 Å². The molecule has 1 atom stereocenters. The predicted molar refractivity (Wildman–Crippen MR) is 77.8 cm³/mol. The first kappa shape index (κ1) is 16.4. The molecular weight excluding hydrogens is 295 g/mol. The molecule has 0 aliphatic heterocycles. The standard InChI is InChI=1S/C16H18F3NO2/c1-9(2)20-8-11(7-10(3)15(21)22)12-5-4-6-13(14(12)20)16(17,18)19/h4-6,8-10H,7H2,1-3H3,(H,21,22). The van der Waals surface area contributed by atoms with Crippen LogP contribution in [0.15, 0.2) is 24.4 Å². The molecule has 1 aromatic heterocycles. The Morgan fingerprint density at radius 2 is 1.91 bits per heavy atom. The molecule has 1 unspecified atom stereocenters. The quantitative estimate of drug-likeness (QED) is 0.902. The second-order valence-electron chi connectivity index (χ2n) is 5.80. The summed E-state index contributed by atoms with van der Waals surface area (Å²) in [4.78, 5) is 11.0. The molecule has 0 saturated carbocycles. The number of alkyl halides is 3. The summed E-state index contributed by atoms with van der Waals surface area (Å²) < 4.78 is 41.3. The maximum atomic E-state index is 13.3. The van der Waals surface area contributed by atoms with Crippen LogP contribution < -0.4 is 0 Å². The summed E-state index contributed by atoms with van der Waals surface area (Å²) in [5.74, 6) is -1.61. The summed E-state index contributed by atoms with van der Waals surface area (Å²) in [7, 11) is 0. The number of aliphatic carboxylic acids is 1. The Morgan fingerprint density at radius 1 is 1.27 bits per heavy atom. The molecule has 3 nitrogen and oxygen atoms in total. The monoisotopic (exact) mass is 313 g/mol. The summed E-state index contributed by atoms with van der Waals surface area (Å²) in [6, 6.07) is 3.89. The highest BCUT2D eigenvalue weighted by Gasteiger charge is 2.34. The van der Waals surface area contributed by atoms with Crippen LogP contribution in [0.5, 0.6) is 0 Å². The van der Waals surface area contributed by atoms with Gasteiger partial charge in [-0.2, -0.15) is 13.2 Å². The Kier molecular flexibility index (Phi) is 4.22. The van der Waals surface area contributed by atoms with Crippen molar-refractivity contribution in [2.75, 3.05) is 0 Å². The first-order valence-electron chi connectivity index (χ1n) is 7.05. The summed E-state index contributed by atoms with van der Waals surface area (Å²) in [5.41, 5.74) is 0.0650. The van der Waals surface area contributed by atoms with E-state index in [-0.39, 0.29) is 18.0 Å². The van der Waals surface area contributed by atoms with Gasteiger partial charge in [-0.15, -0.1) is 0 Å². The lowest BCUT2D eigenvalue weighted by Gasteiger charge is -2.14. The van der Waals surface area contributed by atoms with Gasteiger partial charge in [0, 0.05) is 17.6 Å². The minimum Gasteiger partial charge on any atom is -0.481 e. The highest BCUT2D eigenvalue weighted by Crippen LogP contribution is 2.38. The molecule has 0 aliphatic carbocycles. The number of fused-ring (bicyclic) bond motifs is 1. The minimum absolute atomic E-state index is 0.123. The van der Waals surface area contributed by atoms with E-state index in [1.54, 1.807) is 37.6 Å². The molecule has 0 fully saturated rings. The topological polar surface area (TPSA) is 42.2 Å². The maximum Gasteiger partial charge on any atom is 0.418 e. The highest BCUT2D eigenvalue weighted by molar-refractivity contribution is 5.88. The van der Waals surface area contributed by atoms with E-state index in [0.29, 0.717) is 10.9 Å². The second kappa shape index (κ2) is 5.66. The number of carboxylic acids is 1. The van der Waals surface area contributed by atoms with Gasteiger partial charge in [-0.1, -0.05) is 19.1 Å². The molecule has 120 valence electrons. The Labute approximate surface area is 126 Å². The average molecular weight is 313 g/mol. The van der Waals surface area contributed by atoms with E-state index in [4.69, 9.17) is 5.11 Å². The number of para-hydroxylation sites is 1. The molecule has 0 amide bonds. The van der Waals surface area contributed by atoms with Crippen molar-refractivity contribution in [3.05, 3.63) is 35.5 Å². The molecule has 0 bridgehead atoms. The second-order valence-corrected chi connectivity index (χ2v) is 5.80. The largest absolute Gasteiger partial charge is 0.481 e. The number of aromatic nitrogens is 1. The normalized spacial score (nSPS) is 13.8. The van der Waals surface area contributed by atoms with Crippen LogP contribution in [0.4, 0.5) is 13.2 Å². The van der Waals surface area contributed by atoms with Gasteiger partial charge in [0.1, 0.15) is 0 Å². The third-order valence-electron chi connectivity index (χ3n) is 3.74. The molecule has 1 N–H and O–H groups in total. The van der Waals surface area contributed by atoms with Crippen molar-refractivity contribution in [2.24, 2.45) is 5.92 Å². The molecule has 0 aliphatic rings. The Balaban J connectivity index is 2.69. The maximum absolute atomic E-state index is 13.3. The molecule has 22 heavy (non-hydrogen) atoms. The molecule has 0 saturated heterocycles. The van der Waals surface area contributed by atoms with Gasteiger partial charge in [-0.05, 0) is 31.9 Å². The fourth-order valence-corrected chi connectivity index (χ4v) is 2.60. The lowest BCUT2D eigenvalue weighted by Crippen LogP contribution is -2.12. The van der Waals surface area contributed by atoms with E-state index in [2.05, 4.69) is 0 Å². The van der Waals surface area contributed by atoms with Gasteiger partial charge in [0.2, 0.25) is 0 Å². The fraction of sp³-hybridized carbons (Fsp3) is 0.438. The van der Waals surface area contributed by atoms with E-state index in [1.807, 2.05) is 0 Å². The highest BCUT2D eigenvalue weighted by atomic mass is 19.4. The molecule has 6 heteroatoms. The number of hydrogen-bond acceptors (Lipinski definition) is 1. The number of benzene rings is 1. The molecular formula is C16H18F3NO2. The zero-order valence-corrected chi connectivity index (χ0v) is 12.6. The van der Waals surface area contributed by atoms with Crippen molar-refractivity contribution in [3.63, 3.8) is 0 Å². The predicted octanol–water partition coefficient (Wildman–Crippen LogP) is 4.50. The Morgan fingerprint density at radius 3 is 2.41 bits per heavy atom. The van der Waals surface area contributed by atoms with Crippen molar-refractivity contribution in [3.8, 4) is 0 Å². The first-order valence-corrected chi connectivity index (χ1v) is 7.05. The van der Waals surface area contributed by atoms with E-state index in [9.17, 15) is 18.0 Å². The Bertz CT molecular complexity index is 701. The third kappa shape index (κ3) is 2.96. The van der Waals surface area contributed by atoms with E-state index < -0.39 is 23.6 Å².